The Balaban J connectivity index is 1.60. The van der Waals surface area contributed by atoms with Crippen LogP contribution in [0.1, 0.15) is 29.5 Å². The third-order valence-corrected chi connectivity index (χ3v) is 10.7. The monoisotopic (exact) mass is 485 g/mol. The smallest absolute Gasteiger partial charge is 0.309 e. The van der Waals surface area contributed by atoms with E-state index in [1.54, 1.807) is 0 Å². The Kier molecular flexibility index (Phi) is 5.48. The van der Waals surface area contributed by atoms with E-state index >= 15 is 0 Å². The number of nitrogens with zero attached hydrogens (tertiary/aromatic N) is 2. The number of esters is 1. The Bertz CT molecular complexity index is 1350. The zero-order chi connectivity index (χ0) is 24.2. The highest BCUT2D eigenvalue weighted by Crippen LogP contribution is 2.66. The fraction of sp³-hybridized carbons (Fsp3) is 0.333. The molecular weight excluding hydrogens is 452 g/mol. The van der Waals surface area contributed by atoms with Crippen LogP contribution in [-0.2, 0) is 16.0 Å². The number of methoxy groups -OCH3 is 1. The molecule has 3 heterocycles. The maximum Gasteiger partial charge on any atom is 0.309 e. The van der Waals surface area contributed by atoms with E-state index in [9.17, 15) is 4.79 Å². The van der Waals surface area contributed by atoms with E-state index in [-0.39, 0.29) is 12.4 Å². The molecule has 0 bridgehead atoms. The van der Waals surface area contributed by atoms with Crippen molar-refractivity contribution in [3.05, 3.63) is 87.9 Å². The Labute approximate surface area is 209 Å². The maximum atomic E-state index is 12.3. The molecule has 35 heavy (non-hydrogen) atoms. The van der Waals surface area contributed by atoms with Crippen molar-refractivity contribution in [3.63, 3.8) is 0 Å². The first-order valence-electron chi connectivity index (χ1n) is 12.5. The summed E-state index contributed by atoms with van der Waals surface area (Å²) in [6, 6.07) is 15.4. The van der Waals surface area contributed by atoms with E-state index in [4.69, 9.17) is 4.74 Å². The van der Waals surface area contributed by atoms with Crippen LogP contribution in [0.15, 0.2) is 76.1 Å². The average Bonchev–Trinajstić information content (AvgIpc) is 2.78. The summed E-state index contributed by atoms with van der Waals surface area (Å²) in [6.07, 6.45) is 14.8. The fourth-order valence-corrected chi connectivity index (χ4v) is 8.03. The Morgan fingerprint density at radius 1 is 1.03 bits per heavy atom. The van der Waals surface area contributed by atoms with Gasteiger partial charge in [-0.2, -0.15) is 10.0 Å². The van der Waals surface area contributed by atoms with Gasteiger partial charge in [0.2, 0.25) is 5.71 Å². The van der Waals surface area contributed by atoms with Gasteiger partial charge in [0.25, 0.3) is 0 Å². The number of anilines is 1. The molecule has 1 aliphatic carbocycles. The van der Waals surface area contributed by atoms with Crippen LogP contribution in [-0.4, -0.2) is 62.1 Å². The molecular formula is C30H33N2O2S+. The van der Waals surface area contributed by atoms with Gasteiger partial charge in [-0.05, 0) is 65.0 Å². The van der Waals surface area contributed by atoms with Gasteiger partial charge in [-0.15, -0.1) is 0 Å². The van der Waals surface area contributed by atoms with Crippen LogP contribution in [0.2, 0.25) is 0 Å². The SMILES string of the molecule is COC(=O)Cc1ccccc1C1=C2C=CC(=[N+]3CCC3)C=C2S(C)(C)c2cc(N3CCC3)ccc21. The first-order chi connectivity index (χ1) is 17.0. The van der Waals surface area contributed by atoms with Crippen LogP contribution in [0.25, 0.3) is 5.57 Å². The van der Waals surface area contributed by atoms with Crippen molar-refractivity contribution in [2.24, 2.45) is 0 Å². The van der Waals surface area contributed by atoms with Crippen molar-refractivity contribution >= 4 is 33.0 Å². The molecule has 0 radical (unpaired) electrons. The molecule has 2 aromatic carbocycles. The van der Waals surface area contributed by atoms with Gasteiger partial charge in [-0.25, -0.2) is 4.58 Å². The molecule has 180 valence electrons. The van der Waals surface area contributed by atoms with E-state index in [0.717, 1.165) is 37.3 Å². The zero-order valence-corrected chi connectivity index (χ0v) is 21.7. The first kappa shape index (κ1) is 22.4. The van der Waals surface area contributed by atoms with Gasteiger partial charge in [0.15, 0.2) is 0 Å². The minimum absolute atomic E-state index is 0.207. The second-order valence-corrected chi connectivity index (χ2v) is 13.7. The largest absolute Gasteiger partial charge is 0.469 e. The third kappa shape index (κ3) is 3.68. The molecule has 3 aliphatic heterocycles. The fourth-order valence-electron chi connectivity index (χ4n) is 5.52. The van der Waals surface area contributed by atoms with Crippen molar-refractivity contribution in [2.75, 3.05) is 50.7 Å². The standard InChI is InChI=1S/C30H33N2O2S/c1-34-29(33)18-21-8-4-5-9-24(21)30-25-12-10-22(31-14-6-15-31)19-27(25)35(2,3)28-20-23(11-13-26(28)30)32-16-7-17-32/h4-5,8-13,19-20H,6-7,14-18H2,1-3H3/q+1. The number of hydrogen-bond donors (Lipinski definition) is 0. The van der Waals surface area contributed by atoms with E-state index in [0.29, 0.717) is 0 Å². The number of carbonyl (C=O) groups is 1. The van der Waals surface area contributed by atoms with Crippen molar-refractivity contribution in [3.8, 4) is 0 Å². The minimum Gasteiger partial charge on any atom is -0.469 e. The molecule has 6 rings (SSSR count). The molecule has 0 N–H and O–H groups in total. The number of fused-ring (bicyclic) bond motifs is 2. The zero-order valence-electron chi connectivity index (χ0n) is 20.8. The molecule has 0 spiro atoms. The number of benzene rings is 2. The van der Waals surface area contributed by atoms with E-state index < -0.39 is 10.0 Å². The quantitative estimate of drug-likeness (QED) is 0.443. The number of ether oxygens (including phenoxy) is 1. The second kappa shape index (κ2) is 8.56. The third-order valence-electron chi connectivity index (χ3n) is 7.86. The van der Waals surface area contributed by atoms with E-state index in [1.165, 1.54) is 57.9 Å². The molecule has 0 saturated carbocycles. The summed E-state index contributed by atoms with van der Waals surface area (Å²) in [6.45, 7) is 4.57. The minimum atomic E-state index is -1.23. The van der Waals surface area contributed by atoms with E-state index in [1.807, 2.05) is 6.07 Å². The van der Waals surface area contributed by atoms with Crippen molar-refractivity contribution < 1.29 is 14.1 Å². The highest BCUT2D eigenvalue weighted by Gasteiger charge is 2.37. The van der Waals surface area contributed by atoms with Gasteiger partial charge in [0.05, 0.1) is 20.0 Å². The topological polar surface area (TPSA) is 32.6 Å². The van der Waals surface area contributed by atoms with Crippen molar-refractivity contribution in [1.82, 2.24) is 0 Å². The maximum absolute atomic E-state index is 12.3. The molecule has 5 heteroatoms. The van der Waals surface area contributed by atoms with Gasteiger partial charge in [-0.1, -0.05) is 30.3 Å². The molecule has 2 aromatic rings. The predicted octanol–water partition coefficient (Wildman–Crippen LogP) is 5.16. The lowest BCUT2D eigenvalue weighted by Crippen LogP contribution is -2.37. The Morgan fingerprint density at radius 3 is 2.51 bits per heavy atom. The molecule has 0 aromatic heterocycles. The lowest BCUT2D eigenvalue weighted by molar-refractivity contribution is -0.582. The highest BCUT2D eigenvalue weighted by molar-refractivity contribution is 8.36. The van der Waals surface area contributed by atoms with Crippen LogP contribution in [0, 0.1) is 0 Å². The van der Waals surface area contributed by atoms with Gasteiger partial charge in [0.1, 0.15) is 13.1 Å². The molecule has 0 unspecified atom stereocenters. The number of rotatable bonds is 4. The number of hydrogen-bond acceptors (Lipinski definition) is 3. The van der Waals surface area contributed by atoms with E-state index in [2.05, 4.69) is 76.6 Å². The number of allylic oxidation sites excluding steroid dienone is 4. The highest BCUT2D eigenvalue weighted by atomic mass is 32.3. The lowest BCUT2D eigenvalue weighted by Gasteiger charge is -2.44. The molecule has 0 amide bonds. The second-order valence-electron chi connectivity index (χ2n) is 10.2. The van der Waals surface area contributed by atoms with Crippen molar-refractivity contribution in [2.45, 2.75) is 24.2 Å². The summed E-state index contributed by atoms with van der Waals surface area (Å²) < 4.78 is 7.51. The van der Waals surface area contributed by atoms with Gasteiger partial charge < -0.3 is 9.64 Å². The molecule has 4 aliphatic rings. The summed E-state index contributed by atoms with van der Waals surface area (Å²) >= 11 is 0. The summed E-state index contributed by atoms with van der Waals surface area (Å²) in [7, 11) is 0.233. The Morgan fingerprint density at radius 2 is 1.83 bits per heavy atom. The Hall–Kier alpha value is -3.05. The molecule has 4 nitrogen and oxygen atoms in total. The predicted molar refractivity (Wildman–Crippen MR) is 146 cm³/mol. The van der Waals surface area contributed by atoms with Crippen molar-refractivity contribution in [1.29, 1.82) is 0 Å². The van der Waals surface area contributed by atoms with Gasteiger partial charge in [-0.3, -0.25) is 4.79 Å². The first-order valence-corrected chi connectivity index (χ1v) is 15.0. The average molecular weight is 486 g/mol. The summed E-state index contributed by atoms with van der Waals surface area (Å²) in [4.78, 5) is 17.7. The summed E-state index contributed by atoms with van der Waals surface area (Å²) in [5.41, 5.74) is 8.65. The molecule has 2 saturated heterocycles. The van der Waals surface area contributed by atoms with Gasteiger partial charge >= 0.3 is 5.97 Å². The van der Waals surface area contributed by atoms with Crippen LogP contribution in [0.3, 0.4) is 0 Å². The van der Waals surface area contributed by atoms with Crippen LogP contribution in [0.4, 0.5) is 5.69 Å². The molecule has 2 fully saturated rings. The number of carbonyl (C=O) groups excluding carboxylic acids is 1. The van der Waals surface area contributed by atoms with Crippen LogP contribution in [0.5, 0.6) is 0 Å². The summed E-state index contributed by atoms with van der Waals surface area (Å²) in [5, 5.41) is 0. The normalized spacial score (nSPS) is 20.9. The van der Waals surface area contributed by atoms with Gasteiger partial charge in [0, 0.05) is 40.7 Å². The van der Waals surface area contributed by atoms with Crippen LogP contribution < -0.4 is 4.90 Å². The lowest BCUT2D eigenvalue weighted by atomic mass is 9.86. The summed E-state index contributed by atoms with van der Waals surface area (Å²) in [5.74, 6) is -0.207. The molecule has 0 atom stereocenters. The van der Waals surface area contributed by atoms with Crippen LogP contribution >= 0.6 is 10.0 Å².